The van der Waals surface area contributed by atoms with Crippen LogP contribution in [0.1, 0.15) is 17.5 Å². The minimum atomic E-state index is -0.783. The third-order valence-electron chi connectivity index (χ3n) is 5.72. The molecule has 0 aliphatic heterocycles. The number of carbonyl (C=O) groups is 1. The lowest BCUT2D eigenvalue weighted by molar-refractivity contribution is -0.695. The molecule has 146 valence electrons. The van der Waals surface area contributed by atoms with Crippen LogP contribution in [-0.4, -0.2) is 11.1 Å². The quantitative estimate of drug-likeness (QED) is 0.459. The molecule has 0 bridgehead atoms. The maximum absolute atomic E-state index is 10.7. The molecule has 0 atom stereocenters. The van der Waals surface area contributed by atoms with Crippen molar-refractivity contribution < 1.29 is 19.0 Å². The number of hydrogen-bond acceptors (Lipinski definition) is 1. The van der Waals surface area contributed by atoms with Gasteiger partial charge in [0.15, 0.2) is 31.3 Å². The van der Waals surface area contributed by atoms with Crippen LogP contribution in [0.25, 0.3) is 27.9 Å². The number of nitrogens with zero attached hydrogens (tertiary/aromatic N) is 2. The molecule has 0 spiro atoms. The maximum atomic E-state index is 10.7. The fraction of sp³-hybridized carbons (Fsp3) is 0.115. The lowest BCUT2D eigenvalue weighted by Gasteiger charge is -2.04. The number of rotatable bonds is 5. The van der Waals surface area contributed by atoms with Crippen LogP contribution in [-0.2, 0) is 17.8 Å². The standard InChI is InChI=1S/C26H21N2O2/c29-26(30)11-14-27-12-7-19(8-13-27)20-9-15-28(16-10-20)23-6-5-22-17-21-3-1-2-4-24(21)25(22)18-23/h1-10,12-13,15-16,18H,11,14,17H2/q+1/p+1. The first-order valence-corrected chi connectivity index (χ1v) is 10.1. The molecule has 0 fully saturated rings. The largest absolute Gasteiger partial charge is 0.481 e. The van der Waals surface area contributed by atoms with Crippen molar-refractivity contribution >= 4 is 5.97 Å². The molecule has 0 radical (unpaired) electrons. The topological polar surface area (TPSA) is 45.1 Å². The predicted molar refractivity (Wildman–Crippen MR) is 114 cm³/mol. The Balaban J connectivity index is 1.38. The summed E-state index contributed by atoms with van der Waals surface area (Å²) >= 11 is 0. The summed E-state index contributed by atoms with van der Waals surface area (Å²) in [5, 5.41) is 8.81. The van der Waals surface area contributed by atoms with E-state index in [1.807, 2.05) is 29.1 Å². The van der Waals surface area contributed by atoms with E-state index in [4.69, 9.17) is 5.11 Å². The van der Waals surface area contributed by atoms with Crippen molar-refractivity contribution in [3.63, 3.8) is 0 Å². The van der Waals surface area contributed by atoms with Crippen LogP contribution >= 0.6 is 0 Å². The van der Waals surface area contributed by atoms with Crippen molar-refractivity contribution in [2.75, 3.05) is 0 Å². The molecule has 5 rings (SSSR count). The molecule has 4 aromatic rings. The summed E-state index contributed by atoms with van der Waals surface area (Å²) in [6, 6.07) is 23.6. The molecule has 2 heterocycles. The molecule has 1 N–H and O–H groups in total. The Morgan fingerprint density at radius 2 is 1.47 bits per heavy atom. The van der Waals surface area contributed by atoms with E-state index in [9.17, 15) is 4.79 Å². The zero-order chi connectivity index (χ0) is 20.5. The second-order valence-corrected chi connectivity index (χ2v) is 7.64. The molecular formula is C26H22N2O2+2. The van der Waals surface area contributed by atoms with Gasteiger partial charge in [-0.15, -0.1) is 0 Å². The summed E-state index contributed by atoms with van der Waals surface area (Å²) in [5.74, 6) is -0.783. The van der Waals surface area contributed by atoms with Gasteiger partial charge in [0.05, 0.1) is 0 Å². The third kappa shape index (κ3) is 3.48. The number of hydrogen-bond donors (Lipinski definition) is 1. The number of aliphatic carboxylic acids is 1. The molecule has 4 heteroatoms. The minimum Gasteiger partial charge on any atom is -0.481 e. The van der Waals surface area contributed by atoms with E-state index < -0.39 is 5.97 Å². The molecule has 0 saturated heterocycles. The van der Waals surface area contributed by atoms with Gasteiger partial charge < -0.3 is 5.11 Å². The van der Waals surface area contributed by atoms with Gasteiger partial charge in [0.1, 0.15) is 6.42 Å². The Labute approximate surface area is 175 Å². The van der Waals surface area contributed by atoms with Gasteiger partial charge in [0.25, 0.3) is 0 Å². The van der Waals surface area contributed by atoms with Crippen LogP contribution in [0, 0.1) is 0 Å². The van der Waals surface area contributed by atoms with Crippen LogP contribution in [0.3, 0.4) is 0 Å². The van der Waals surface area contributed by atoms with E-state index in [0.29, 0.717) is 6.54 Å². The average molecular weight is 394 g/mol. The summed E-state index contributed by atoms with van der Waals surface area (Å²) in [4.78, 5) is 10.7. The number of pyridine rings is 2. The van der Waals surface area contributed by atoms with Crippen molar-refractivity contribution in [1.29, 1.82) is 0 Å². The van der Waals surface area contributed by atoms with Crippen molar-refractivity contribution in [1.82, 2.24) is 0 Å². The zero-order valence-electron chi connectivity index (χ0n) is 16.5. The highest BCUT2D eigenvalue weighted by atomic mass is 16.4. The number of aryl methyl sites for hydroxylation is 1. The molecule has 1 aliphatic carbocycles. The van der Waals surface area contributed by atoms with E-state index in [2.05, 4.69) is 71.6 Å². The van der Waals surface area contributed by atoms with Gasteiger partial charge in [0, 0.05) is 36.4 Å². The number of aromatic nitrogens is 2. The Morgan fingerprint density at radius 3 is 2.20 bits per heavy atom. The Morgan fingerprint density at radius 1 is 0.800 bits per heavy atom. The van der Waals surface area contributed by atoms with Crippen LogP contribution < -0.4 is 9.13 Å². The number of carboxylic acid groups (broad SMARTS) is 1. The summed E-state index contributed by atoms with van der Waals surface area (Å²) in [6.07, 6.45) is 9.16. The first-order chi connectivity index (χ1) is 14.7. The first kappa shape index (κ1) is 18.3. The zero-order valence-corrected chi connectivity index (χ0v) is 16.5. The molecule has 1 aliphatic rings. The lowest BCUT2D eigenvalue weighted by atomic mass is 10.0. The van der Waals surface area contributed by atoms with E-state index in [0.717, 1.165) is 23.2 Å². The molecule has 0 amide bonds. The third-order valence-corrected chi connectivity index (χ3v) is 5.72. The normalized spacial score (nSPS) is 11.7. The highest BCUT2D eigenvalue weighted by Gasteiger charge is 2.20. The van der Waals surface area contributed by atoms with Crippen molar-refractivity contribution in [2.24, 2.45) is 0 Å². The molecule has 2 aromatic carbocycles. The van der Waals surface area contributed by atoms with Crippen molar-refractivity contribution in [3.05, 3.63) is 103 Å². The van der Waals surface area contributed by atoms with Gasteiger partial charge in [-0.3, -0.25) is 4.79 Å². The van der Waals surface area contributed by atoms with E-state index in [1.165, 1.54) is 22.3 Å². The van der Waals surface area contributed by atoms with Crippen LogP contribution in [0.4, 0.5) is 0 Å². The van der Waals surface area contributed by atoms with Gasteiger partial charge in [0.2, 0.25) is 5.69 Å². The number of benzene rings is 2. The fourth-order valence-electron chi connectivity index (χ4n) is 4.09. The lowest BCUT2D eigenvalue weighted by Crippen LogP contribution is -2.33. The van der Waals surface area contributed by atoms with Gasteiger partial charge in [-0.25, -0.2) is 4.57 Å². The monoisotopic (exact) mass is 394 g/mol. The second-order valence-electron chi connectivity index (χ2n) is 7.64. The molecule has 0 unspecified atom stereocenters. The highest BCUT2D eigenvalue weighted by Crippen LogP contribution is 2.36. The average Bonchev–Trinajstić information content (AvgIpc) is 3.16. The maximum Gasteiger partial charge on any atom is 0.309 e. The fourth-order valence-corrected chi connectivity index (χ4v) is 4.09. The van der Waals surface area contributed by atoms with Crippen molar-refractivity contribution in [2.45, 2.75) is 19.4 Å². The van der Waals surface area contributed by atoms with E-state index in [-0.39, 0.29) is 6.42 Å². The van der Waals surface area contributed by atoms with Gasteiger partial charge in [-0.1, -0.05) is 30.3 Å². The highest BCUT2D eigenvalue weighted by molar-refractivity contribution is 5.77. The first-order valence-electron chi connectivity index (χ1n) is 10.1. The second kappa shape index (κ2) is 7.56. The number of fused-ring (bicyclic) bond motifs is 3. The molecule has 2 aromatic heterocycles. The van der Waals surface area contributed by atoms with Gasteiger partial charge in [-0.2, -0.15) is 4.57 Å². The Kier molecular flexibility index (Phi) is 4.60. The van der Waals surface area contributed by atoms with Crippen molar-refractivity contribution in [3.8, 4) is 27.9 Å². The summed E-state index contributed by atoms with van der Waals surface area (Å²) in [6.45, 7) is 0.478. The van der Waals surface area contributed by atoms with Gasteiger partial charge in [-0.05, 0) is 39.8 Å². The van der Waals surface area contributed by atoms with Crippen LogP contribution in [0.5, 0.6) is 0 Å². The predicted octanol–water partition coefficient (Wildman–Crippen LogP) is 3.96. The molecule has 0 saturated carbocycles. The summed E-state index contributed by atoms with van der Waals surface area (Å²) in [5.41, 5.74) is 8.84. The number of carboxylic acids is 1. The summed E-state index contributed by atoms with van der Waals surface area (Å²) in [7, 11) is 0. The van der Waals surface area contributed by atoms with Crippen LogP contribution in [0.2, 0.25) is 0 Å². The summed E-state index contributed by atoms with van der Waals surface area (Å²) < 4.78 is 4.03. The molecule has 4 nitrogen and oxygen atoms in total. The smallest absolute Gasteiger partial charge is 0.309 e. The van der Waals surface area contributed by atoms with Crippen LogP contribution in [0.15, 0.2) is 91.5 Å². The minimum absolute atomic E-state index is 0.126. The SMILES string of the molecule is O=C(O)CC[n+]1ccc(-c2cc[n+](-c3ccc4c(c3)-c3ccccc3C4)cc2)cc1. The van der Waals surface area contributed by atoms with E-state index >= 15 is 0 Å². The Hall–Kier alpha value is -3.79. The van der Waals surface area contributed by atoms with E-state index in [1.54, 1.807) is 0 Å². The molecule has 30 heavy (non-hydrogen) atoms. The Bertz CT molecular complexity index is 1230. The molecular weight excluding hydrogens is 372 g/mol. The van der Waals surface area contributed by atoms with Gasteiger partial charge >= 0.3 is 5.97 Å².